The Labute approximate surface area is 97.2 Å². The van der Waals surface area contributed by atoms with Crippen LogP contribution < -0.4 is 10.6 Å². The molecule has 1 aliphatic heterocycles. The van der Waals surface area contributed by atoms with Gasteiger partial charge in [0.05, 0.1) is 0 Å². The van der Waals surface area contributed by atoms with E-state index in [1.165, 1.54) is 24.1 Å². The number of aromatic amines is 1. The first-order valence-electron chi connectivity index (χ1n) is 6.20. The van der Waals surface area contributed by atoms with E-state index in [-0.39, 0.29) is 0 Å². The molecule has 0 spiro atoms. The number of anilines is 1. The molecule has 0 aliphatic carbocycles. The van der Waals surface area contributed by atoms with Crippen LogP contribution in [-0.4, -0.2) is 29.3 Å². The summed E-state index contributed by atoms with van der Waals surface area (Å²) in [5.41, 5.74) is 2.52. The highest BCUT2D eigenvalue weighted by atomic mass is 15.2. The highest BCUT2D eigenvalue weighted by Crippen LogP contribution is 2.23. The smallest absolute Gasteiger partial charge is 0.151 e. The van der Waals surface area contributed by atoms with Crippen molar-refractivity contribution >= 4 is 5.82 Å². The SMILES string of the molecule is Cc1c(NC2CCNCC2)n[nH]c1C(C)C. The molecule has 1 aliphatic rings. The van der Waals surface area contributed by atoms with Crippen molar-refractivity contribution in [3.05, 3.63) is 11.3 Å². The minimum atomic E-state index is 0.510. The fraction of sp³-hybridized carbons (Fsp3) is 0.750. The zero-order valence-electron chi connectivity index (χ0n) is 10.4. The highest BCUT2D eigenvalue weighted by molar-refractivity contribution is 5.47. The van der Waals surface area contributed by atoms with E-state index in [0.717, 1.165) is 18.9 Å². The van der Waals surface area contributed by atoms with Crippen molar-refractivity contribution in [2.24, 2.45) is 0 Å². The number of hydrogen-bond acceptors (Lipinski definition) is 3. The third-order valence-electron chi connectivity index (χ3n) is 3.30. The molecule has 4 nitrogen and oxygen atoms in total. The molecule has 1 aromatic rings. The Kier molecular flexibility index (Phi) is 3.49. The summed E-state index contributed by atoms with van der Waals surface area (Å²) in [6, 6.07) is 0.572. The summed E-state index contributed by atoms with van der Waals surface area (Å²) in [5, 5.41) is 14.4. The van der Waals surface area contributed by atoms with Crippen LogP contribution in [0.3, 0.4) is 0 Å². The summed E-state index contributed by atoms with van der Waals surface area (Å²) in [6.07, 6.45) is 2.37. The van der Waals surface area contributed by atoms with Gasteiger partial charge in [-0.2, -0.15) is 5.10 Å². The number of hydrogen-bond donors (Lipinski definition) is 3. The fourth-order valence-electron chi connectivity index (χ4n) is 2.27. The van der Waals surface area contributed by atoms with Gasteiger partial charge in [-0.3, -0.25) is 5.10 Å². The van der Waals surface area contributed by atoms with Crippen molar-refractivity contribution in [1.82, 2.24) is 15.5 Å². The van der Waals surface area contributed by atoms with Crippen LogP contribution in [0.2, 0.25) is 0 Å². The van der Waals surface area contributed by atoms with Crippen LogP contribution >= 0.6 is 0 Å². The molecule has 3 N–H and O–H groups in total. The molecule has 90 valence electrons. The molecule has 1 fully saturated rings. The molecule has 2 rings (SSSR count). The van der Waals surface area contributed by atoms with E-state index >= 15 is 0 Å². The average molecular weight is 222 g/mol. The molecule has 0 amide bonds. The second-order valence-electron chi connectivity index (χ2n) is 4.93. The second kappa shape index (κ2) is 4.87. The van der Waals surface area contributed by atoms with Crippen LogP contribution in [0.15, 0.2) is 0 Å². The van der Waals surface area contributed by atoms with Gasteiger partial charge in [0.15, 0.2) is 5.82 Å². The molecule has 16 heavy (non-hydrogen) atoms. The largest absolute Gasteiger partial charge is 0.366 e. The standard InChI is InChI=1S/C12H22N4/c1-8(2)11-9(3)12(16-15-11)14-10-4-6-13-7-5-10/h8,10,13H,4-7H2,1-3H3,(H2,14,15,16). The van der Waals surface area contributed by atoms with E-state index in [9.17, 15) is 0 Å². The topological polar surface area (TPSA) is 52.7 Å². The first kappa shape index (κ1) is 11.5. The van der Waals surface area contributed by atoms with Crippen molar-refractivity contribution in [2.75, 3.05) is 18.4 Å². The van der Waals surface area contributed by atoms with E-state index in [1.54, 1.807) is 0 Å². The van der Waals surface area contributed by atoms with Crippen LogP contribution in [0.1, 0.15) is 43.9 Å². The van der Waals surface area contributed by atoms with Crippen molar-refractivity contribution in [3.8, 4) is 0 Å². The molecule has 1 saturated heterocycles. The zero-order chi connectivity index (χ0) is 11.5. The maximum absolute atomic E-state index is 4.37. The summed E-state index contributed by atoms with van der Waals surface area (Å²) >= 11 is 0. The summed E-state index contributed by atoms with van der Waals surface area (Å²) in [7, 11) is 0. The molecular formula is C12H22N4. The average Bonchev–Trinajstić information content (AvgIpc) is 2.62. The normalized spacial score (nSPS) is 18.0. The van der Waals surface area contributed by atoms with Crippen molar-refractivity contribution in [2.45, 2.75) is 45.6 Å². The lowest BCUT2D eigenvalue weighted by Gasteiger charge is -2.23. The van der Waals surface area contributed by atoms with Crippen LogP contribution in [0.5, 0.6) is 0 Å². The predicted octanol–water partition coefficient (Wildman–Crippen LogP) is 2.01. The van der Waals surface area contributed by atoms with Crippen LogP contribution in [0.25, 0.3) is 0 Å². The molecule has 1 aromatic heterocycles. The first-order valence-corrected chi connectivity index (χ1v) is 6.20. The summed E-state index contributed by atoms with van der Waals surface area (Å²) in [6.45, 7) is 8.74. The van der Waals surface area contributed by atoms with E-state index in [0.29, 0.717) is 12.0 Å². The number of nitrogens with one attached hydrogen (secondary N) is 3. The predicted molar refractivity (Wildman–Crippen MR) is 66.9 cm³/mol. The van der Waals surface area contributed by atoms with Gasteiger partial charge in [-0.25, -0.2) is 0 Å². The van der Waals surface area contributed by atoms with E-state index < -0.39 is 0 Å². The van der Waals surface area contributed by atoms with Crippen LogP contribution in [0.4, 0.5) is 5.82 Å². The zero-order valence-corrected chi connectivity index (χ0v) is 10.4. The lowest BCUT2D eigenvalue weighted by atomic mass is 10.0. The van der Waals surface area contributed by atoms with Crippen LogP contribution in [-0.2, 0) is 0 Å². The van der Waals surface area contributed by atoms with Crippen molar-refractivity contribution in [3.63, 3.8) is 0 Å². The first-order chi connectivity index (χ1) is 7.68. The molecule has 0 radical (unpaired) electrons. The third kappa shape index (κ3) is 2.38. The Hall–Kier alpha value is -1.03. The molecule has 4 heteroatoms. The Balaban J connectivity index is 2.03. The quantitative estimate of drug-likeness (QED) is 0.733. The van der Waals surface area contributed by atoms with E-state index in [1.807, 2.05) is 0 Å². The van der Waals surface area contributed by atoms with Gasteiger partial charge in [0.25, 0.3) is 0 Å². The minimum absolute atomic E-state index is 0.510. The highest BCUT2D eigenvalue weighted by Gasteiger charge is 2.17. The third-order valence-corrected chi connectivity index (χ3v) is 3.30. The maximum Gasteiger partial charge on any atom is 0.151 e. The number of H-pyrrole nitrogens is 1. The molecule has 0 bridgehead atoms. The second-order valence-corrected chi connectivity index (χ2v) is 4.93. The number of rotatable bonds is 3. The fourth-order valence-corrected chi connectivity index (χ4v) is 2.27. The van der Waals surface area contributed by atoms with Gasteiger partial charge in [-0.15, -0.1) is 0 Å². The summed E-state index contributed by atoms with van der Waals surface area (Å²) in [4.78, 5) is 0. The van der Waals surface area contributed by atoms with Crippen molar-refractivity contribution in [1.29, 1.82) is 0 Å². The number of piperidine rings is 1. The van der Waals surface area contributed by atoms with Gasteiger partial charge in [-0.1, -0.05) is 13.8 Å². The Bertz CT molecular complexity index is 337. The molecule has 2 heterocycles. The molecule has 0 saturated carbocycles. The Morgan fingerprint density at radius 2 is 2.00 bits per heavy atom. The Morgan fingerprint density at radius 1 is 1.31 bits per heavy atom. The molecule has 0 aromatic carbocycles. The maximum atomic E-state index is 4.37. The van der Waals surface area contributed by atoms with Crippen molar-refractivity contribution < 1.29 is 0 Å². The van der Waals surface area contributed by atoms with Gasteiger partial charge in [0.1, 0.15) is 0 Å². The molecule has 0 atom stereocenters. The number of aromatic nitrogens is 2. The summed E-state index contributed by atoms with van der Waals surface area (Å²) < 4.78 is 0. The molecule has 0 unspecified atom stereocenters. The van der Waals surface area contributed by atoms with Gasteiger partial charge in [-0.05, 0) is 38.8 Å². The van der Waals surface area contributed by atoms with Gasteiger partial charge in [0.2, 0.25) is 0 Å². The lowest BCUT2D eigenvalue weighted by molar-refractivity contribution is 0.478. The van der Waals surface area contributed by atoms with Crippen LogP contribution in [0, 0.1) is 6.92 Å². The van der Waals surface area contributed by atoms with Gasteiger partial charge < -0.3 is 10.6 Å². The molecular weight excluding hydrogens is 200 g/mol. The van der Waals surface area contributed by atoms with Gasteiger partial charge in [0, 0.05) is 17.3 Å². The summed E-state index contributed by atoms with van der Waals surface area (Å²) in [5.74, 6) is 1.55. The van der Waals surface area contributed by atoms with E-state index in [4.69, 9.17) is 0 Å². The van der Waals surface area contributed by atoms with E-state index in [2.05, 4.69) is 41.6 Å². The number of nitrogens with zero attached hydrogens (tertiary/aromatic N) is 1. The monoisotopic (exact) mass is 222 g/mol. The Morgan fingerprint density at radius 3 is 2.56 bits per heavy atom. The van der Waals surface area contributed by atoms with Gasteiger partial charge >= 0.3 is 0 Å². The minimum Gasteiger partial charge on any atom is -0.366 e. The lowest BCUT2D eigenvalue weighted by Crippen LogP contribution is -2.35.